The Hall–Kier alpha value is -1.88. The third kappa shape index (κ3) is 3.81. The van der Waals surface area contributed by atoms with Gasteiger partial charge in [-0.25, -0.2) is 4.98 Å². The van der Waals surface area contributed by atoms with Crippen LogP contribution in [0.15, 0.2) is 30.6 Å². The molecule has 20 heavy (non-hydrogen) atoms. The molecule has 2 rings (SSSR count). The predicted molar refractivity (Wildman–Crippen MR) is 78.6 cm³/mol. The zero-order chi connectivity index (χ0) is 14.4. The van der Waals surface area contributed by atoms with E-state index in [4.69, 9.17) is 4.74 Å². The van der Waals surface area contributed by atoms with E-state index in [0.717, 1.165) is 30.8 Å². The first-order valence-electron chi connectivity index (χ1n) is 6.96. The third-order valence-electron chi connectivity index (χ3n) is 3.35. The van der Waals surface area contributed by atoms with Crippen molar-refractivity contribution in [1.82, 2.24) is 20.1 Å². The Labute approximate surface area is 120 Å². The smallest absolute Gasteiger partial charge is 0.213 e. The molecule has 0 aromatic carbocycles. The second-order valence-corrected chi connectivity index (χ2v) is 4.85. The summed E-state index contributed by atoms with van der Waals surface area (Å²) in [4.78, 5) is 4.09. The van der Waals surface area contributed by atoms with Gasteiger partial charge in [0, 0.05) is 37.6 Å². The topological polar surface area (TPSA) is 52.0 Å². The molecule has 0 bridgehead atoms. The number of ether oxygens (including phenoxy) is 1. The average molecular weight is 274 g/mol. The van der Waals surface area contributed by atoms with Gasteiger partial charge in [0.2, 0.25) is 5.88 Å². The number of hydrogen-bond donors (Lipinski definition) is 1. The maximum absolute atomic E-state index is 5.11. The molecule has 0 spiro atoms. The fraction of sp³-hybridized carbons (Fsp3) is 0.467. The highest BCUT2D eigenvalue weighted by atomic mass is 16.5. The van der Waals surface area contributed by atoms with E-state index in [0.29, 0.717) is 11.9 Å². The van der Waals surface area contributed by atoms with Crippen molar-refractivity contribution >= 4 is 0 Å². The van der Waals surface area contributed by atoms with Crippen LogP contribution < -0.4 is 10.1 Å². The lowest BCUT2D eigenvalue weighted by Gasteiger charge is -2.08. The molecule has 0 amide bonds. The van der Waals surface area contributed by atoms with Gasteiger partial charge in [0.1, 0.15) is 0 Å². The Morgan fingerprint density at radius 2 is 2.20 bits per heavy atom. The molecule has 5 heteroatoms. The van der Waals surface area contributed by atoms with Gasteiger partial charge in [-0.1, -0.05) is 6.92 Å². The van der Waals surface area contributed by atoms with Crippen molar-refractivity contribution in [2.24, 2.45) is 0 Å². The van der Waals surface area contributed by atoms with Crippen molar-refractivity contribution in [3.05, 3.63) is 41.9 Å². The van der Waals surface area contributed by atoms with E-state index < -0.39 is 0 Å². The van der Waals surface area contributed by atoms with Crippen molar-refractivity contribution in [3.8, 4) is 5.88 Å². The Morgan fingerprint density at radius 3 is 2.95 bits per heavy atom. The molecule has 1 atom stereocenters. The normalized spacial score (nSPS) is 12.3. The number of pyridine rings is 1. The molecule has 1 unspecified atom stereocenters. The van der Waals surface area contributed by atoms with Gasteiger partial charge >= 0.3 is 0 Å². The summed E-state index contributed by atoms with van der Waals surface area (Å²) < 4.78 is 7.13. The molecule has 0 aliphatic carbocycles. The first-order valence-corrected chi connectivity index (χ1v) is 6.96. The van der Waals surface area contributed by atoms with Crippen LogP contribution in [-0.2, 0) is 13.1 Å². The molecule has 2 aromatic rings. The van der Waals surface area contributed by atoms with Gasteiger partial charge in [-0.2, -0.15) is 5.10 Å². The van der Waals surface area contributed by atoms with Gasteiger partial charge in [-0.3, -0.25) is 4.68 Å². The zero-order valence-corrected chi connectivity index (χ0v) is 12.3. The fourth-order valence-corrected chi connectivity index (χ4v) is 1.91. The van der Waals surface area contributed by atoms with Crippen LogP contribution in [-0.4, -0.2) is 21.9 Å². The van der Waals surface area contributed by atoms with E-state index in [2.05, 4.69) is 35.3 Å². The Morgan fingerprint density at radius 1 is 1.35 bits per heavy atom. The third-order valence-corrected chi connectivity index (χ3v) is 3.35. The second kappa shape index (κ2) is 7.05. The molecular formula is C15H22N4O. The van der Waals surface area contributed by atoms with Gasteiger partial charge in [0.05, 0.1) is 12.8 Å². The van der Waals surface area contributed by atoms with Crippen molar-refractivity contribution in [1.29, 1.82) is 0 Å². The summed E-state index contributed by atoms with van der Waals surface area (Å²) in [6, 6.07) is 6.43. The number of aromatic nitrogens is 3. The quantitative estimate of drug-likeness (QED) is 0.843. The summed E-state index contributed by atoms with van der Waals surface area (Å²) >= 11 is 0. The Balaban J connectivity index is 1.84. The average Bonchev–Trinajstić information content (AvgIpc) is 2.95. The number of methoxy groups -OCH3 is 1. The van der Waals surface area contributed by atoms with Crippen LogP contribution in [0.4, 0.5) is 0 Å². The van der Waals surface area contributed by atoms with Crippen LogP contribution in [0.2, 0.25) is 0 Å². The molecule has 0 fully saturated rings. The van der Waals surface area contributed by atoms with E-state index in [-0.39, 0.29) is 0 Å². The molecule has 1 N–H and O–H groups in total. The van der Waals surface area contributed by atoms with E-state index >= 15 is 0 Å². The van der Waals surface area contributed by atoms with Gasteiger partial charge in [0.15, 0.2) is 0 Å². The molecule has 5 nitrogen and oxygen atoms in total. The highest BCUT2D eigenvalue weighted by Gasteiger charge is 2.04. The van der Waals surface area contributed by atoms with Crippen molar-refractivity contribution in [2.45, 2.75) is 39.4 Å². The maximum Gasteiger partial charge on any atom is 0.213 e. The largest absolute Gasteiger partial charge is 0.481 e. The minimum Gasteiger partial charge on any atom is -0.481 e. The number of hydrogen-bond acceptors (Lipinski definition) is 4. The van der Waals surface area contributed by atoms with Gasteiger partial charge < -0.3 is 10.1 Å². The number of nitrogens with zero attached hydrogens (tertiary/aromatic N) is 3. The van der Waals surface area contributed by atoms with Crippen LogP contribution >= 0.6 is 0 Å². The molecule has 0 aliphatic heterocycles. The summed E-state index contributed by atoms with van der Waals surface area (Å²) in [7, 11) is 1.63. The highest BCUT2D eigenvalue weighted by Crippen LogP contribution is 2.10. The minimum atomic E-state index is 0.452. The minimum absolute atomic E-state index is 0.452. The summed E-state index contributed by atoms with van der Waals surface area (Å²) in [6.45, 7) is 5.87. The Kier molecular flexibility index (Phi) is 5.12. The summed E-state index contributed by atoms with van der Waals surface area (Å²) in [6.07, 6.45) is 4.89. The van der Waals surface area contributed by atoms with Crippen molar-refractivity contribution in [3.63, 3.8) is 0 Å². The monoisotopic (exact) mass is 274 g/mol. The summed E-state index contributed by atoms with van der Waals surface area (Å²) in [5.41, 5.74) is 2.21. The highest BCUT2D eigenvalue weighted by molar-refractivity contribution is 5.20. The number of nitrogens with one attached hydrogen (secondary N) is 1. The van der Waals surface area contributed by atoms with Gasteiger partial charge in [0.25, 0.3) is 0 Å². The van der Waals surface area contributed by atoms with Crippen LogP contribution in [0, 0.1) is 0 Å². The van der Waals surface area contributed by atoms with Gasteiger partial charge in [-0.15, -0.1) is 0 Å². The maximum atomic E-state index is 5.11. The molecule has 0 aliphatic rings. The van der Waals surface area contributed by atoms with E-state index in [9.17, 15) is 0 Å². The zero-order valence-electron chi connectivity index (χ0n) is 12.3. The second-order valence-electron chi connectivity index (χ2n) is 4.85. The van der Waals surface area contributed by atoms with Gasteiger partial charge in [-0.05, 0) is 31.0 Å². The number of rotatable bonds is 7. The molecule has 2 heterocycles. The van der Waals surface area contributed by atoms with Crippen LogP contribution in [0.1, 0.15) is 37.6 Å². The first kappa shape index (κ1) is 14.5. The molecule has 0 saturated carbocycles. The van der Waals surface area contributed by atoms with Crippen LogP contribution in [0.3, 0.4) is 0 Å². The Bertz CT molecular complexity index is 538. The summed E-state index contributed by atoms with van der Waals surface area (Å²) in [5, 5.41) is 7.94. The van der Waals surface area contributed by atoms with E-state index in [1.54, 1.807) is 13.3 Å². The molecule has 2 aromatic heterocycles. The lowest BCUT2D eigenvalue weighted by molar-refractivity contribution is 0.397. The van der Waals surface area contributed by atoms with Crippen molar-refractivity contribution < 1.29 is 4.74 Å². The molecular weight excluding hydrogens is 252 g/mol. The predicted octanol–water partition coefficient (Wildman–Crippen LogP) is 2.55. The fourth-order valence-electron chi connectivity index (χ4n) is 1.91. The van der Waals surface area contributed by atoms with E-state index in [1.165, 1.54) is 0 Å². The standard InChI is InChI=1S/C15H22N4O/c1-4-12(2)19-8-6-14(18-19)11-16-10-13-5-7-17-15(9-13)20-3/h5-9,12,16H,4,10-11H2,1-3H3. The lowest BCUT2D eigenvalue weighted by Crippen LogP contribution is -2.14. The molecule has 108 valence electrons. The first-order chi connectivity index (χ1) is 9.72. The summed E-state index contributed by atoms with van der Waals surface area (Å²) in [5.74, 6) is 0.644. The van der Waals surface area contributed by atoms with Crippen LogP contribution in [0.5, 0.6) is 5.88 Å². The molecule has 0 saturated heterocycles. The SMILES string of the molecule is CCC(C)n1ccc(CNCc2ccnc(OC)c2)n1. The molecule has 0 radical (unpaired) electrons. The lowest BCUT2D eigenvalue weighted by atomic mass is 10.2. The van der Waals surface area contributed by atoms with Crippen molar-refractivity contribution in [2.75, 3.05) is 7.11 Å². The van der Waals surface area contributed by atoms with Crippen LogP contribution in [0.25, 0.3) is 0 Å². The van der Waals surface area contributed by atoms with E-state index in [1.807, 2.05) is 23.0 Å².